The van der Waals surface area contributed by atoms with Gasteiger partial charge in [-0.25, -0.2) is 9.98 Å². The van der Waals surface area contributed by atoms with E-state index in [0.29, 0.717) is 5.75 Å². The van der Waals surface area contributed by atoms with Crippen LogP contribution in [0.3, 0.4) is 0 Å². The van der Waals surface area contributed by atoms with Crippen molar-refractivity contribution >= 4 is 17.8 Å². The molecule has 14 heavy (non-hydrogen) atoms. The van der Waals surface area contributed by atoms with Gasteiger partial charge in [0, 0.05) is 11.8 Å². The van der Waals surface area contributed by atoms with Crippen molar-refractivity contribution in [3.63, 3.8) is 0 Å². The van der Waals surface area contributed by atoms with E-state index in [9.17, 15) is 4.79 Å². The van der Waals surface area contributed by atoms with Crippen LogP contribution in [0.15, 0.2) is 34.3 Å². The number of ketones is 1. The summed E-state index contributed by atoms with van der Waals surface area (Å²) < 4.78 is 5.39. The van der Waals surface area contributed by atoms with E-state index in [1.54, 1.807) is 12.3 Å². The van der Waals surface area contributed by atoms with Crippen LogP contribution in [0.25, 0.3) is 0 Å². The number of rotatable bonds is 0. The van der Waals surface area contributed by atoms with Crippen LogP contribution in [-0.4, -0.2) is 24.1 Å². The SMILES string of the molecule is O=C1C2=NC1Oc1ccccc1C=N2. The van der Waals surface area contributed by atoms with Crippen LogP contribution in [-0.2, 0) is 4.79 Å². The number of amidine groups is 1. The smallest absolute Gasteiger partial charge is 0.262 e. The summed E-state index contributed by atoms with van der Waals surface area (Å²) in [6.07, 6.45) is 0.921. The Hall–Kier alpha value is -1.97. The van der Waals surface area contributed by atoms with E-state index in [4.69, 9.17) is 4.74 Å². The molecule has 4 nitrogen and oxygen atoms in total. The van der Waals surface area contributed by atoms with Gasteiger partial charge in [-0.15, -0.1) is 0 Å². The van der Waals surface area contributed by atoms with Gasteiger partial charge in [-0.3, -0.25) is 4.79 Å². The molecule has 68 valence electrons. The summed E-state index contributed by atoms with van der Waals surface area (Å²) >= 11 is 0. The Morgan fingerprint density at radius 2 is 2.14 bits per heavy atom. The van der Waals surface area contributed by atoms with Gasteiger partial charge in [-0.05, 0) is 12.1 Å². The molecule has 0 radical (unpaired) electrons. The number of benzene rings is 1. The fourth-order valence-corrected chi connectivity index (χ4v) is 1.40. The maximum absolute atomic E-state index is 11.3. The van der Waals surface area contributed by atoms with Gasteiger partial charge >= 0.3 is 0 Å². The number of hydrogen-bond donors (Lipinski definition) is 0. The van der Waals surface area contributed by atoms with E-state index in [2.05, 4.69) is 9.98 Å². The summed E-state index contributed by atoms with van der Waals surface area (Å²) in [5, 5.41) is 0. The minimum Gasteiger partial charge on any atom is -0.460 e. The van der Waals surface area contributed by atoms with E-state index in [-0.39, 0.29) is 11.6 Å². The number of aliphatic imine (C=N–C) groups is 2. The lowest BCUT2D eigenvalue weighted by atomic mass is 10.1. The normalized spacial score (nSPS) is 22.4. The molecule has 3 aliphatic rings. The summed E-state index contributed by atoms with van der Waals surface area (Å²) in [7, 11) is 0. The largest absolute Gasteiger partial charge is 0.460 e. The van der Waals surface area contributed by atoms with Gasteiger partial charge in [0.05, 0.1) is 0 Å². The average molecular weight is 186 g/mol. The lowest BCUT2D eigenvalue weighted by Crippen LogP contribution is -2.42. The van der Waals surface area contributed by atoms with Crippen LogP contribution in [0.4, 0.5) is 0 Å². The van der Waals surface area contributed by atoms with Crippen LogP contribution >= 0.6 is 0 Å². The van der Waals surface area contributed by atoms with Crippen molar-refractivity contribution in [2.45, 2.75) is 6.23 Å². The molecule has 1 unspecified atom stereocenters. The molecule has 0 amide bonds. The molecule has 4 rings (SSSR count). The molecule has 0 aromatic heterocycles. The van der Waals surface area contributed by atoms with Gasteiger partial charge in [-0.1, -0.05) is 12.1 Å². The van der Waals surface area contributed by atoms with Crippen molar-refractivity contribution in [2.75, 3.05) is 0 Å². The first-order valence-corrected chi connectivity index (χ1v) is 4.26. The first-order valence-electron chi connectivity index (χ1n) is 4.26. The molecule has 3 heterocycles. The van der Waals surface area contributed by atoms with Gasteiger partial charge in [0.1, 0.15) is 5.75 Å². The quantitative estimate of drug-likeness (QED) is 0.601. The molecular formula is C10H6N2O2. The second kappa shape index (κ2) is 2.51. The summed E-state index contributed by atoms with van der Waals surface area (Å²) in [6.45, 7) is 0. The summed E-state index contributed by atoms with van der Waals surface area (Å²) in [5.74, 6) is 0.761. The maximum atomic E-state index is 11.3. The molecule has 0 fully saturated rings. The van der Waals surface area contributed by atoms with Crippen molar-refractivity contribution in [1.82, 2.24) is 0 Å². The van der Waals surface area contributed by atoms with Crippen molar-refractivity contribution in [3.05, 3.63) is 29.8 Å². The topological polar surface area (TPSA) is 51.0 Å². The highest BCUT2D eigenvalue weighted by Gasteiger charge is 2.35. The third kappa shape index (κ3) is 0.907. The summed E-state index contributed by atoms with van der Waals surface area (Å²) in [4.78, 5) is 19.1. The number of para-hydroxylation sites is 1. The zero-order chi connectivity index (χ0) is 9.54. The minimum absolute atomic E-state index is 0.143. The van der Waals surface area contributed by atoms with Gasteiger partial charge < -0.3 is 4.74 Å². The highest BCUT2D eigenvalue weighted by molar-refractivity contribution is 6.46. The molecule has 0 aliphatic carbocycles. The maximum Gasteiger partial charge on any atom is 0.262 e. The number of nitrogens with zero attached hydrogens (tertiary/aromatic N) is 2. The molecule has 0 saturated heterocycles. The molecule has 1 aromatic rings. The van der Waals surface area contributed by atoms with Crippen LogP contribution < -0.4 is 4.74 Å². The van der Waals surface area contributed by atoms with Crippen LogP contribution in [0.1, 0.15) is 5.56 Å². The fraction of sp³-hybridized carbons (Fsp3) is 0.100. The first kappa shape index (κ1) is 7.44. The summed E-state index contributed by atoms with van der Waals surface area (Å²) in [6, 6.07) is 7.43. The third-order valence-electron chi connectivity index (χ3n) is 2.17. The molecule has 2 bridgehead atoms. The highest BCUT2D eigenvalue weighted by atomic mass is 16.5. The van der Waals surface area contributed by atoms with Gasteiger partial charge in [0.25, 0.3) is 12.0 Å². The Balaban J connectivity index is 2.12. The lowest BCUT2D eigenvalue weighted by Gasteiger charge is -2.23. The predicted octanol–water partition coefficient (Wildman–Crippen LogP) is 0.805. The Morgan fingerprint density at radius 1 is 1.29 bits per heavy atom. The predicted molar refractivity (Wildman–Crippen MR) is 50.9 cm³/mol. The van der Waals surface area contributed by atoms with E-state index >= 15 is 0 Å². The monoisotopic (exact) mass is 186 g/mol. The second-order valence-electron chi connectivity index (χ2n) is 3.08. The van der Waals surface area contributed by atoms with Crippen LogP contribution in [0.2, 0.25) is 0 Å². The van der Waals surface area contributed by atoms with Gasteiger partial charge in [0.15, 0.2) is 0 Å². The Morgan fingerprint density at radius 3 is 3.00 bits per heavy atom. The zero-order valence-corrected chi connectivity index (χ0v) is 7.18. The highest BCUT2D eigenvalue weighted by Crippen LogP contribution is 2.23. The van der Waals surface area contributed by atoms with Gasteiger partial charge in [0.2, 0.25) is 5.84 Å². The fourth-order valence-electron chi connectivity index (χ4n) is 1.40. The molecule has 1 aromatic carbocycles. The molecule has 0 saturated carbocycles. The van der Waals surface area contributed by atoms with Crippen molar-refractivity contribution in [1.29, 1.82) is 0 Å². The molecular weight excluding hydrogens is 180 g/mol. The number of Topliss-reactive ketones (excluding diaryl/α,β-unsaturated/α-hetero) is 1. The molecule has 4 heteroatoms. The molecule has 3 aliphatic heterocycles. The first-order chi connectivity index (χ1) is 6.84. The zero-order valence-electron chi connectivity index (χ0n) is 7.18. The second-order valence-corrected chi connectivity index (χ2v) is 3.08. The number of ether oxygens (including phenoxy) is 1. The average Bonchev–Trinajstić information content (AvgIpc) is 2.17. The van der Waals surface area contributed by atoms with Crippen molar-refractivity contribution in [3.8, 4) is 5.75 Å². The Kier molecular flexibility index (Phi) is 1.33. The van der Waals surface area contributed by atoms with Crippen LogP contribution in [0.5, 0.6) is 5.75 Å². The minimum atomic E-state index is -0.677. The van der Waals surface area contributed by atoms with E-state index in [0.717, 1.165) is 5.56 Å². The Labute approximate surface area is 79.9 Å². The van der Waals surface area contributed by atoms with E-state index in [1.165, 1.54) is 0 Å². The standard InChI is InChI=1S/C10H6N2O2/c13-8-9-11-5-6-3-1-2-4-7(6)14-10(8)12-9/h1-5,10H. The van der Waals surface area contributed by atoms with E-state index < -0.39 is 6.23 Å². The van der Waals surface area contributed by atoms with Crippen molar-refractivity contribution < 1.29 is 9.53 Å². The lowest BCUT2D eigenvalue weighted by molar-refractivity contribution is -0.121. The number of hydrogen-bond acceptors (Lipinski definition) is 4. The van der Waals surface area contributed by atoms with Gasteiger partial charge in [-0.2, -0.15) is 0 Å². The molecule has 0 spiro atoms. The van der Waals surface area contributed by atoms with Crippen molar-refractivity contribution in [2.24, 2.45) is 9.98 Å². The van der Waals surface area contributed by atoms with E-state index in [1.807, 2.05) is 18.2 Å². The van der Waals surface area contributed by atoms with Crippen LogP contribution in [0, 0.1) is 0 Å². The number of carbonyl (C=O) groups excluding carboxylic acids is 1. The molecule has 1 atom stereocenters. The number of carbonyl (C=O) groups is 1. The summed E-state index contributed by atoms with van der Waals surface area (Å²) in [5.41, 5.74) is 0.873. The Bertz CT molecular complexity index is 477. The third-order valence-corrected chi connectivity index (χ3v) is 2.17. The molecule has 0 N–H and O–H groups in total.